The highest BCUT2D eigenvalue weighted by molar-refractivity contribution is 6.36. The molecule has 2 heterocycles. The fourth-order valence-corrected chi connectivity index (χ4v) is 4.50. The van der Waals surface area contributed by atoms with Crippen LogP contribution in [0.4, 0.5) is 19.3 Å². The van der Waals surface area contributed by atoms with Gasteiger partial charge in [0.1, 0.15) is 11.6 Å². The standard InChI is InChI=1S/C25H22Cl2F2N4O2.CH4/c1-32(20-6-8-33(9-7-20)24(34)21-4-2-16(26)12-22(21)27)25(35)31-19-3-5-23(30-14-19)15-10-17(28)13-18(29)11-15;/h2-5,10-14,20H,6-9H2,1H3,(H,31,35);1H4. The second-order valence-corrected chi connectivity index (χ2v) is 9.12. The van der Waals surface area contributed by atoms with Crippen molar-refractivity contribution in [3.63, 3.8) is 0 Å². The van der Waals surface area contributed by atoms with Crippen LogP contribution in [0.2, 0.25) is 10.0 Å². The van der Waals surface area contributed by atoms with E-state index in [1.165, 1.54) is 18.3 Å². The number of anilines is 1. The Bertz CT molecular complexity index is 1230. The van der Waals surface area contributed by atoms with Crippen molar-refractivity contribution in [2.75, 3.05) is 25.5 Å². The van der Waals surface area contributed by atoms with E-state index in [-0.39, 0.29) is 25.4 Å². The Labute approximate surface area is 218 Å². The van der Waals surface area contributed by atoms with Gasteiger partial charge in [-0.3, -0.25) is 9.78 Å². The molecule has 1 aliphatic rings. The van der Waals surface area contributed by atoms with Gasteiger partial charge in [0.05, 0.1) is 28.2 Å². The average Bonchev–Trinajstić information content (AvgIpc) is 2.83. The van der Waals surface area contributed by atoms with Crippen molar-refractivity contribution < 1.29 is 18.4 Å². The highest BCUT2D eigenvalue weighted by Crippen LogP contribution is 2.25. The Kier molecular flexibility index (Phi) is 8.87. The van der Waals surface area contributed by atoms with Crippen LogP contribution in [0.3, 0.4) is 0 Å². The molecule has 4 rings (SSSR count). The van der Waals surface area contributed by atoms with Crippen molar-refractivity contribution >= 4 is 40.8 Å². The number of pyridine rings is 1. The second-order valence-electron chi connectivity index (χ2n) is 8.28. The number of hydrogen-bond acceptors (Lipinski definition) is 3. The van der Waals surface area contributed by atoms with Crippen LogP contribution in [0.5, 0.6) is 0 Å². The summed E-state index contributed by atoms with van der Waals surface area (Å²) in [6.45, 7) is 0.973. The molecule has 190 valence electrons. The summed E-state index contributed by atoms with van der Waals surface area (Å²) in [5.41, 5.74) is 1.54. The number of hydrogen-bond donors (Lipinski definition) is 1. The van der Waals surface area contributed by atoms with Gasteiger partial charge in [-0.15, -0.1) is 0 Å². The van der Waals surface area contributed by atoms with E-state index in [2.05, 4.69) is 10.3 Å². The summed E-state index contributed by atoms with van der Waals surface area (Å²) in [6.07, 6.45) is 2.66. The van der Waals surface area contributed by atoms with Crippen LogP contribution in [-0.4, -0.2) is 52.9 Å². The number of rotatable bonds is 4. The van der Waals surface area contributed by atoms with E-state index in [4.69, 9.17) is 23.2 Å². The average molecular weight is 535 g/mol. The van der Waals surface area contributed by atoms with Crippen LogP contribution < -0.4 is 5.32 Å². The molecule has 0 atom stereocenters. The molecule has 1 fully saturated rings. The Morgan fingerprint density at radius 1 is 1.03 bits per heavy atom. The van der Waals surface area contributed by atoms with E-state index in [1.54, 1.807) is 47.2 Å². The summed E-state index contributed by atoms with van der Waals surface area (Å²) in [4.78, 5) is 33.1. The van der Waals surface area contributed by atoms with Gasteiger partial charge in [0.15, 0.2) is 0 Å². The number of carbonyl (C=O) groups is 2. The van der Waals surface area contributed by atoms with Gasteiger partial charge < -0.3 is 15.1 Å². The molecule has 1 aromatic heterocycles. The zero-order valence-electron chi connectivity index (χ0n) is 18.8. The lowest BCUT2D eigenvalue weighted by atomic mass is 10.0. The first-order valence-electron chi connectivity index (χ1n) is 10.9. The Morgan fingerprint density at radius 3 is 2.28 bits per heavy atom. The summed E-state index contributed by atoms with van der Waals surface area (Å²) >= 11 is 12.1. The minimum absolute atomic E-state index is 0. The normalized spacial score (nSPS) is 13.6. The van der Waals surface area contributed by atoms with Gasteiger partial charge in [-0.1, -0.05) is 30.6 Å². The number of aromatic nitrogens is 1. The van der Waals surface area contributed by atoms with E-state index < -0.39 is 11.6 Å². The van der Waals surface area contributed by atoms with Crippen LogP contribution >= 0.6 is 23.2 Å². The molecule has 3 amide bonds. The molecule has 3 aromatic rings. The Balaban J connectivity index is 0.00000361. The van der Waals surface area contributed by atoms with Gasteiger partial charge in [0, 0.05) is 42.8 Å². The monoisotopic (exact) mass is 534 g/mol. The summed E-state index contributed by atoms with van der Waals surface area (Å²) < 4.78 is 26.9. The topological polar surface area (TPSA) is 65.5 Å². The van der Waals surface area contributed by atoms with Crippen LogP contribution in [0.1, 0.15) is 30.6 Å². The van der Waals surface area contributed by atoms with E-state index in [0.717, 1.165) is 6.07 Å². The molecule has 0 radical (unpaired) electrons. The van der Waals surface area contributed by atoms with Gasteiger partial charge >= 0.3 is 6.03 Å². The third-order valence-corrected chi connectivity index (χ3v) is 6.50. The molecule has 2 aromatic carbocycles. The van der Waals surface area contributed by atoms with Crippen molar-refractivity contribution in [3.8, 4) is 11.3 Å². The number of urea groups is 1. The fraction of sp³-hybridized carbons (Fsp3) is 0.269. The summed E-state index contributed by atoms with van der Waals surface area (Å²) in [5.74, 6) is -1.55. The van der Waals surface area contributed by atoms with Crippen molar-refractivity contribution in [3.05, 3.63) is 82.0 Å². The molecule has 0 aliphatic carbocycles. The van der Waals surface area contributed by atoms with Crippen LogP contribution in [0.15, 0.2) is 54.7 Å². The van der Waals surface area contributed by atoms with Gasteiger partial charge in [0.2, 0.25) is 0 Å². The molecule has 0 unspecified atom stereocenters. The van der Waals surface area contributed by atoms with Crippen molar-refractivity contribution in [2.45, 2.75) is 26.3 Å². The lowest BCUT2D eigenvalue weighted by Gasteiger charge is -2.36. The molecular formula is C26H26Cl2F2N4O2. The maximum Gasteiger partial charge on any atom is 0.321 e. The first-order valence-corrected chi connectivity index (χ1v) is 11.7. The number of likely N-dealkylation sites (tertiary alicyclic amines) is 1. The molecule has 6 nitrogen and oxygen atoms in total. The van der Waals surface area contributed by atoms with Gasteiger partial charge in [-0.2, -0.15) is 0 Å². The quantitative estimate of drug-likeness (QED) is 0.403. The Morgan fingerprint density at radius 2 is 1.69 bits per heavy atom. The summed E-state index contributed by atoms with van der Waals surface area (Å²) in [6, 6.07) is 10.8. The molecule has 10 heteroatoms. The predicted molar refractivity (Wildman–Crippen MR) is 138 cm³/mol. The molecule has 36 heavy (non-hydrogen) atoms. The molecule has 0 spiro atoms. The number of nitrogens with zero attached hydrogens (tertiary/aromatic N) is 3. The largest absolute Gasteiger partial charge is 0.338 e. The van der Waals surface area contributed by atoms with E-state index in [1.807, 2.05) is 0 Å². The molecule has 0 saturated carbocycles. The first kappa shape index (κ1) is 27.4. The van der Waals surface area contributed by atoms with E-state index in [9.17, 15) is 18.4 Å². The molecule has 1 saturated heterocycles. The van der Waals surface area contributed by atoms with Gasteiger partial charge in [-0.25, -0.2) is 13.6 Å². The van der Waals surface area contributed by atoms with Crippen molar-refractivity contribution in [1.82, 2.24) is 14.8 Å². The third kappa shape index (κ3) is 6.30. The summed E-state index contributed by atoms with van der Waals surface area (Å²) in [7, 11) is 1.70. The van der Waals surface area contributed by atoms with Crippen LogP contribution in [0.25, 0.3) is 11.3 Å². The number of carbonyl (C=O) groups excluding carboxylic acids is 2. The van der Waals surface area contributed by atoms with E-state index in [0.29, 0.717) is 58.5 Å². The zero-order valence-corrected chi connectivity index (χ0v) is 20.3. The number of halogens is 4. The van der Waals surface area contributed by atoms with Gasteiger partial charge in [-0.05, 0) is 55.3 Å². The summed E-state index contributed by atoms with van der Waals surface area (Å²) in [5, 5.41) is 3.55. The molecule has 1 aliphatic heterocycles. The van der Waals surface area contributed by atoms with Gasteiger partial charge in [0.25, 0.3) is 5.91 Å². The minimum Gasteiger partial charge on any atom is -0.338 e. The fourth-order valence-electron chi connectivity index (χ4n) is 4.01. The SMILES string of the molecule is C.CN(C(=O)Nc1ccc(-c2cc(F)cc(F)c2)nc1)C1CCN(C(=O)c2ccc(Cl)cc2Cl)CC1. The molecular weight excluding hydrogens is 509 g/mol. The minimum atomic E-state index is -0.690. The molecule has 0 bridgehead atoms. The maximum absolute atomic E-state index is 13.5. The zero-order chi connectivity index (χ0) is 25.1. The number of piperidine rings is 1. The number of nitrogens with one attached hydrogen (secondary N) is 1. The smallest absolute Gasteiger partial charge is 0.321 e. The van der Waals surface area contributed by atoms with E-state index >= 15 is 0 Å². The highest BCUT2D eigenvalue weighted by atomic mass is 35.5. The third-order valence-electron chi connectivity index (χ3n) is 5.95. The van der Waals surface area contributed by atoms with Crippen LogP contribution in [-0.2, 0) is 0 Å². The van der Waals surface area contributed by atoms with Crippen LogP contribution in [0, 0.1) is 11.6 Å². The Hall–Kier alpha value is -3.23. The second kappa shape index (κ2) is 11.7. The number of benzene rings is 2. The molecule has 1 N–H and O–H groups in total. The predicted octanol–water partition coefficient (Wildman–Crippen LogP) is 6.74. The lowest BCUT2D eigenvalue weighted by Crippen LogP contribution is -2.48. The highest BCUT2D eigenvalue weighted by Gasteiger charge is 2.29. The first-order chi connectivity index (χ1) is 16.7. The number of amides is 3. The van der Waals surface area contributed by atoms with Crippen molar-refractivity contribution in [2.24, 2.45) is 0 Å². The lowest BCUT2D eigenvalue weighted by molar-refractivity contribution is 0.0671. The van der Waals surface area contributed by atoms with Crippen molar-refractivity contribution in [1.29, 1.82) is 0 Å². The maximum atomic E-state index is 13.5.